The van der Waals surface area contributed by atoms with Crippen LogP contribution < -0.4 is 4.90 Å². The molecule has 4 aromatic rings. The monoisotopic (exact) mass is 525 g/mol. The number of carbonyl (C=O) groups is 2. The van der Waals surface area contributed by atoms with Crippen LogP contribution in [0.3, 0.4) is 0 Å². The number of aromatic carboxylic acids is 1. The van der Waals surface area contributed by atoms with E-state index in [0.717, 1.165) is 30.0 Å². The van der Waals surface area contributed by atoms with E-state index < -0.39 is 5.97 Å². The van der Waals surface area contributed by atoms with Crippen molar-refractivity contribution in [1.29, 1.82) is 0 Å². The second-order valence-corrected chi connectivity index (χ2v) is 9.56. The Bertz CT molecular complexity index is 1590. The third kappa shape index (κ3) is 4.87. The molecule has 198 valence electrons. The van der Waals surface area contributed by atoms with E-state index in [2.05, 4.69) is 9.88 Å². The number of anilines is 1. The Morgan fingerprint density at radius 1 is 1.00 bits per heavy atom. The van der Waals surface area contributed by atoms with Crippen LogP contribution in [0.1, 0.15) is 27.2 Å². The van der Waals surface area contributed by atoms with Gasteiger partial charge >= 0.3 is 5.97 Å². The molecule has 0 bridgehead atoms. The molecule has 2 aromatic carbocycles. The average molecular weight is 526 g/mol. The fraction of sp³-hybridized carbons (Fsp3) is 0.241. The predicted octanol–water partition coefficient (Wildman–Crippen LogP) is 3.36. The van der Waals surface area contributed by atoms with E-state index in [0.29, 0.717) is 60.7 Å². The summed E-state index contributed by atoms with van der Waals surface area (Å²) in [5, 5.41) is 20.9. The lowest BCUT2D eigenvalue weighted by molar-refractivity contribution is -0.120. The summed E-state index contributed by atoms with van der Waals surface area (Å²) in [6, 6.07) is 17.7. The van der Waals surface area contributed by atoms with Gasteiger partial charge in [0.2, 0.25) is 5.91 Å². The normalized spacial score (nSPS) is 16.0. The van der Waals surface area contributed by atoms with E-state index in [9.17, 15) is 19.8 Å². The number of amides is 1. The lowest BCUT2D eigenvalue weighted by atomic mass is 10.00. The lowest BCUT2D eigenvalue weighted by Gasteiger charge is -2.28. The number of aliphatic imine (C=N–C) groups is 1. The third-order valence-electron chi connectivity index (χ3n) is 7.10. The molecule has 0 saturated carbocycles. The van der Waals surface area contributed by atoms with Crippen LogP contribution in [-0.4, -0.2) is 82.1 Å². The Hall–Kier alpha value is -4.54. The Morgan fingerprint density at radius 3 is 2.56 bits per heavy atom. The Balaban J connectivity index is 1.36. The zero-order chi connectivity index (χ0) is 26.9. The quantitative estimate of drug-likeness (QED) is 0.329. The number of fused-ring (bicyclic) bond motifs is 2. The zero-order valence-corrected chi connectivity index (χ0v) is 21.1. The highest BCUT2D eigenvalue weighted by atomic mass is 16.5. The van der Waals surface area contributed by atoms with Crippen LogP contribution in [0, 0.1) is 0 Å². The zero-order valence-electron chi connectivity index (χ0n) is 21.1. The molecule has 2 aromatic heterocycles. The highest BCUT2D eigenvalue weighted by molar-refractivity contribution is 6.22. The number of morpholine rings is 1. The summed E-state index contributed by atoms with van der Waals surface area (Å²) in [4.78, 5) is 40.9. The van der Waals surface area contributed by atoms with Gasteiger partial charge in [0, 0.05) is 42.5 Å². The van der Waals surface area contributed by atoms with Crippen LogP contribution in [0.5, 0.6) is 5.88 Å². The number of H-pyrrole nitrogens is 1. The van der Waals surface area contributed by atoms with Crippen molar-refractivity contribution in [2.75, 3.05) is 44.3 Å². The molecule has 2 aliphatic rings. The first-order valence-corrected chi connectivity index (χ1v) is 12.8. The number of aromatic amines is 1. The Labute approximate surface area is 224 Å². The molecule has 1 saturated heterocycles. The molecule has 3 N–H and O–H groups in total. The number of benzene rings is 2. The average Bonchev–Trinajstić information content (AvgIpc) is 3.52. The minimum Gasteiger partial charge on any atom is -0.494 e. The summed E-state index contributed by atoms with van der Waals surface area (Å²) in [5.74, 6) is -0.672. The molecule has 4 heterocycles. The number of aromatic hydroxyl groups is 1. The van der Waals surface area contributed by atoms with Gasteiger partial charge in [-0.15, -0.1) is 0 Å². The van der Waals surface area contributed by atoms with Gasteiger partial charge in [0.15, 0.2) is 11.7 Å². The summed E-state index contributed by atoms with van der Waals surface area (Å²) in [6.07, 6.45) is 0.629. The standard InChI is InChI=1S/C29H27N5O5/c35-25(17-33-12-14-39-15-13-33)34-11-10-21-23(34)8-9-24(30-21)32-27(18-4-2-1-3-5-18)26-20-7-6-19(29(37)38)16-22(20)31-28(26)36/h1-9,16,31,36H,10-15,17H2,(H,37,38). The van der Waals surface area contributed by atoms with Gasteiger partial charge in [-0.1, -0.05) is 36.4 Å². The van der Waals surface area contributed by atoms with Gasteiger partial charge in [0.05, 0.1) is 48.0 Å². The number of ether oxygens (including phenoxy) is 1. The largest absolute Gasteiger partial charge is 0.494 e. The van der Waals surface area contributed by atoms with Crippen LogP contribution in [0.25, 0.3) is 10.9 Å². The van der Waals surface area contributed by atoms with Crippen molar-refractivity contribution < 1.29 is 24.5 Å². The first kappa shape index (κ1) is 24.8. The lowest BCUT2D eigenvalue weighted by Crippen LogP contribution is -2.44. The number of nitrogens with one attached hydrogen (secondary N) is 1. The van der Waals surface area contributed by atoms with Crippen LogP contribution >= 0.6 is 0 Å². The predicted molar refractivity (Wildman–Crippen MR) is 146 cm³/mol. The Kier molecular flexibility index (Phi) is 6.55. The first-order chi connectivity index (χ1) is 19.0. The molecule has 0 spiro atoms. The molecule has 10 nitrogen and oxygen atoms in total. The number of rotatable bonds is 6. The molecule has 1 fully saturated rings. The number of carbonyl (C=O) groups excluding carboxylic acids is 1. The van der Waals surface area contributed by atoms with Crippen LogP contribution in [-0.2, 0) is 16.0 Å². The maximum absolute atomic E-state index is 13.0. The van der Waals surface area contributed by atoms with E-state index >= 15 is 0 Å². The van der Waals surface area contributed by atoms with E-state index in [1.807, 2.05) is 36.4 Å². The summed E-state index contributed by atoms with van der Waals surface area (Å²) in [7, 11) is 0. The molecule has 2 aliphatic heterocycles. The number of hydrogen-bond donors (Lipinski definition) is 3. The van der Waals surface area contributed by atoms with Crippen molar-refractivity contribution in [3.8, 4) is 5.88 Å². The topological polar surface area (TPSA) is 131 Å². The smallest absolute Gasteiger partial charge is 0.335 e. The SMILES string of the molecule is O=C(O)c1ccc2c(C(=Nc3ccc4c(n3)CCN4C(=O)CN3CCOCC3)c3ccccc3)c(O)[nH]c2c1. The minimum absolute atomic E-state index is 0.0446. The molecule has 0 atom stereocenters. The molecule has 6 rings (SSSR count). The van der Waals surface area contributed by atoms with Crippen molar-refractivity contribution in [2.45, 2.75) is 6.42 Å². The minimum atomic E-state index is -1.05. The van der Waals surface area contributed by atoms with E-state index in [1.54, 1.807) is 17.0 Å². The third-order valence-corrected chi connectivity index (χ3v) is 7.10. The molecule has 1 amide bonds. The van der Waals surface area contributed by atoms with Gasteiger partial charge < -0.3 is 24.8 Å². The van der Waals surface area contributed by atoms with Gasteiger partial charge in [-0.05, 0) is 24.3 Å². The van der Waals surface area contributed by atoms with Crippen molar-refractivity contribution in [1.82, 2.24) is 14.9 Å². The highest BCUT2D eigenvalue weighted by Gasteiger charge is 2.28. The number of hydrogen-bond acceptors (Lipinski definition) is 7. The van der Waals surface area contributed by atoms with Gasteiger partial charge in [0.1, 0.15) is 0 Å². The molecular formula is C29H27N5O5. The van der Waals surface area contributed by atoms with Crippen LogP contribution in [0.2, 0.25) is 0 Å². The van der Waals surface area contributed by atoms with Crippen molar-refractivity contribution in [2.24, 2.45) is 4.99 Å². The van der Waals surface area contributed by atoms with Gasteiger partial charge in [0.25, 0.3) is 0 Å². The van der Waals surface area contributed by atoms with E-state index in [1.165, 1.54) is 12.1 Å². The first-order valence-electron chi connectivity index (χ1n) is 12.8. The van der Waals surface area contributed by atoms with E-state index in [-0.39, 0.29) is 17.4 Å². The fourth-order valence-electron chi connectivity index (χ4n) is 5.14. The number of carboxylic acids is 1. The Morgan fingerprint density at radius 2 is 1.79 bits per heavy atom. The van der Waals surface area contributed by atoms with Crippen molar-refractivity contribution >= 4 is 40.0 Å². The van der Waals surface area contributed by atoms with Crippen molar-refractivity contribution in [3.05, 3.63) is 83.0 Å². The maximum Gasteiger partial charge on any atom is 0.335 e. The second-order valence-electron chi connectivity index (χ2n) is 9.56. The molecule has 0 aliphatic carbocycles. The number of nitrogens with zero attached hydrogens (tertiary/aromatic N) is 4. The van der Waals surface area contributed by atoms with Crippen LogP contribution in [0.4, 0.5) is 11.5 Å². The van der Waals surface area contributed by atoms with Gasteiger partial charge in [-0.3, -0.25) is 9.69 Å². The fourth-order valence-corrected chi connectivity index (χ4v) is 5.14. The molecule has 0 unspecified atom stereocenters. The number of pyridine rings is 1. The van der Waals surface area contributed by atoms with Gasteiger partial charge in [-0.2, -0.15) is 0 Å². The second kappa shape index (κ2) is 10.3. The summed E-state index contributed by atoms with van der Waals surface area (Å²) in [5.41, 5.74) is 3.91. The van der Waals surface area contributed by atoms with Crippen LogP contribution in [0.15, 0.2) is 65.7 Å². The molecule has 0 radical (unpaired) electrons. The molecule has 39 heavy (non-hydrogen) atoms. The van der Waals surface area contributed by atoms with E-state index in [4.69, 9.17) is 14.7 Å². The van der Waals surface area contributed by atoms with Crippen molar-refractivity contribution in [3.63, 3.8) is 0 Å². The highest BCUT2D eigenvalue weighted by Crippen LogP contribution is 2.33. The number of carboxylic acid groups (broad SMARTS) is 1. The molecule has 10 heteroatoms. The summed E-state index contributed by atoms with van der Waals surface area (Å²) < 4.78 is 5.38. The summed E-state index contributed by atoms with van der Waals surface area (Å²) in [6.45, 7) is 3.70. The van der Waals surface area contributed by atoms with Gasteiger partial charge in [-0.25, -0.2) is 14.8 Å². The molecular weight excluding hydrogens is 498 g/mol. The number of aromatic nitrogens is 2. The maximum atomic E-state index is 13.0. The summed E-state index contributed by atoms with van der Waals surface area (Å²) >= 11 is 0.